The molecule has 13 amide bonds. The number of rotatable bonds is 23. The third-order valence-corrected chi connectivity index (χ3v) is 17.8. The highest BCUT2D eigenvalue weighted by Gasteiger charge is 2.36. The molecule has 2 aromatic rings. The third-order valence-electron chi connectivity index (χ3n) is 13.1. The monoisotopic (exact) mass is 1380 g/mol. The molecule has 2 aliphatic heterocycles. The highest BCUT2D eigenvalue weighted by atomic mass is 33.1. The number of pyridine rings is 1. The van der Waals surface area contributed by atoms with Gasteiger partial charge in [-0.25, -0.2) is 20.6 Å². The van der Waals surface area contributed by atoms with Crippen LogP contribution in [-0.2, 0) is 68.7 Å². The number of fused-ring (bicyclic) bond motifs is 5. The van der Waals surface area contributed by atoms with Crippen molar-refractivity contribution in [2.24, 2.45) is 29.0 Å². The number of carbonyl (C=O) groups is 15. The minimum Gasteiger partial charge on any atom is -0.481 e. The van der Waals surface area contributed by atoms with Gasteiger partial charge in [0, 0.05) is 55.3 Å². The van der Waals surface area contributed by atoms with Gasteiger partial charge >= 0.3 is 18.0 Å². The average molecular weight is 1380 g/mol. The number of amides is 13. The fourth-order valence-electron chi connectivity index (χ4n) is 8.19. The molecule has 1 aromatic carbocycles. The maximum absolute atomic E-state index is 14.7. The Labute approximate surface area is 546 Å². The molecule has 24 N–H and O–H groups in total. The first-order valence-electron chi connectivity index (χ1n) is 28.2. The largest absolute Gasteiger partial charge is 0.481 e. The van der Waals surface area contributed by atoms with Gasteiger partial charge in [0.25, 0.3) is 11.8 Å². The smallest absolute Gasteiger partial charge is 0.337 e. The second-order valence-electron chi connectivity index (χ2n) is 20.5. The number of nitrogens with one attached hydrogen (secondary N) is 14. The van der Waals surface area contributed by atoms with Gasteiger partial charge in [0.2, 0.25) is 53.2 Å². The van der Waals surface area contributed by atoms with Crippen LogP contribution in [0.1, 0.15) is 61.4 Å². The van der Waals surface area contributed by atoms with E-state index in [0.29, 0.717) is 10.6 Å². The number of benzene rings is 1. The number of hydrazine groups is 2. The Morgan fingerprint density at radius 2 is 1.30 bits per heavy atom. The van der Waals surface area contributed by atoms with E-state index in [1.165, 1.54) is 25.3 Å². The SMILES string of the molecule is C[C@H](N)C(=O)NN1CSSC[C@@H](C(=O)NCC(=O)C[C@@H](CCNC(=O)c2ccc(NN)nc2)C(N)=O)NC(=O)[C@H](Cc2ccccc2)NC(=O)[C@@H]2CSSC[C@H](NC(=O)[C@H](CC(=O)O)NC1=O)C(=O)N[C@@H](CCCNC(=N)N)C(=O)NCC(=O)N[C@@H](CC(=O)O)C(=O)N2. The summed E-state index contributed by atoms with van der Waals surface area (Å²) >= 11 is 0. The number of nitrogens with zero attached hydrogens (tertiary/aromatic N) is 2. The summed E-state index contributed by atoms with van der Waals surface area (Å²) in [7, 11) is 3.03. The lowest BCUT2D eigenvalue weighted by molar-refractivity contribution is -0.141. The molecule has 0 aliphatic carbocycles. The molecular weight excluding hydrogens is 1300 g/mol. The molecule has 2 saturated heterocycles. The topological polar surface area (TPSA) is 597 Å². The minimum absolute atomic E-state index is 0.00197. The summed E-state index contributed by atoms with van der Waals surface area (Å²) in [6.45, 7) is -0.550. The molecule has 0 radical (unpaired) electrons. The van der Waals surface area contributed by atoms with Crippen molar-refractivity contribution in [2.75, 3.05) is 54.7 Å². The van der Waals surface area contributed by atoms with Crippen molar-refractivity contribution < 1.29 is 82.1 Å². The maximum Gasteiger partial charge on any atom is 0.337 e. The molecule has 37 nitrogen and oxygen atoms in total. The molecule has 0 unspecified atom stereocenters. The number of ketones is 1. The fraction of sp³-hybridized carbons (Fsp3) is 0.481. The number of urea groups is 1. The lowest BCUT2D eigenvalue weighted by atomic mass is 9.97. The van der Waals surface area contributed by atoms with Crippen molar-refractivity contribution in [3.05, 3.63) is 59.8 Å². The van der Waals surface area contributed by atoms with Crippen molar-refractivity contribution in [3.8, 4) is 0 Å². The minimum atomic E-state index is -2.04. The summed E-state index contributed by atoms with van der Waals surface area (Å²) < 4.78 is 0. The standard InChI is InChI=1S/C52H74N20O17S4/c1-25(53)42(80)71-72-24-93-92-21-34(45(83)61-19-29(73)15-27(41(54)79)11-13-58-43(81)28-9-10-37(70-57)60-18-28)66-46(84)31(14-26-6-3-2-4-7-26)65-50(88)36-23-91-90-22-35(68-48(86)33(17-40(77)78)69-52(72)89)49(87)64-30(8-5-12-59-51(55)56)44(82)62-20-38(74)63-32(16-39(75)76)47(85)67-36/h2-4,6-7,9-10,18,25,27,30-36H,5,8,11-17,19-24,53,57H2,1H3,(H2,54,79)(H,58,81)(H,60,70)(H,61,83)(H,62,82)(H,63,74)(H,64,87)(H,65,88)(H,66,84)(H,67,85)(H,68,86)(H,69,89)(H,71,80)(H,75,76)(H,77,78)(H4,55,56,59)/t25-,27+,30-,31-,32-,33-,34-,35-,36-/m0/s1. The number of anilines is 1. The van der Waals surface area contributed by atoms with Crippen LogP contribution in [0.25, 0.3) is 0 Å². The zero-order chi connectivity index (χ0) is 68.7. The van der Waals surface area contributed by atoms with E-state index in [1.54, 1.807) is 30.3 Å². The number of hydrogen-bond acceptors (Lipinski definition) is 24. The first kappa shape index (κ1) is 76.3. The van der Waals surface area contributed by atoms with E-state index in [2.05, 4.69) is 74.3 Å². The number of carbonyl (C=O) groups excluding carboxylic acids is 13. The molecule has 2 aliphatic rings. The summed E-state index contributed by atoms with van der Waals surface area (Å²) in [6, 6.07) is -3.91. The van der Waals surface area contributed by atoms with Crippen LogP contribution in [0.15, 0.2) is 48.7 Å². The normalized spacial score (nSPS) is 21.6. The van der Waals surface area contributed by atoms with Crippen LogP contribution in [-0.4, -0.2) is 213 Å². The molecule has 1 aromatic heterocycles. The summed E-state index contributed by atoms with van der Waals surface area (Å²) in [6.07, 6.45) is -2.08. The first-order chi connectivity index (χ1) is 44.1. The van der Waals surface area contributed by atoms with E-state index in [4.69, 9.17) is 28.5 Å². The number of aromatic nitrogens is 1. The van der Waals surface area contributed by atoms with Crippen molar-refractivity contribution in [2.45, 2.75) is 100 Å². The number of Topliss-reactive ketones (excluding diaryl/α,β-unsaturated/α-hetero) is 1. The first-order valence-corrected chi connectivity index (χ1v) is 33.2. The fourth-order valence-corrected chi connectivity index (χ4v) is 12.6. The number of aliphatic carboxylic acids is 2. The number of nitrogens with two attached hydrogens (primary N) is 4. The van der Waals surface area contributed by atoms with E-state index < -0.39 is 204 Å². The van der Waals surface area contributed by atoms with Gasteiger partial charge in [-0.3, -0.25) is 78.0 Å². The van der Waals surface area contributed by atoms with Crippen molar-refractivity contribution in [1.82, 2.24) is 73.9 Å². The zero-order valence-electron chi connectivity index (χ0n) is 49.8. The Kier molecular flexibility index (Phi) is 32.2. The van der Waals surface area contributed by atoms with Crippen LogP contribution in [0.4, 0.5) is 10.6 Å². The van der Waals surface area contributed by atoms with E-state index in [9.17, 15) is 82.1 Å². The second kappa shape index (κ2) is 39.3. The van der Waals surface area contributed by atoms with Gasteiger partial charge in [-0.2, -0.15) is 0 Å². The lowest BCUT2D eigenvalue weighted by Gasteiger charge is -2.28. The predicted molar refractivity (Wildman–Crippen MR) is 338 cm³/mol. The van der Waals surface area contributed by atoms with Crippen LogP contribution in [0.3, 0.4) is 0 Å². The highest BCUT2D eigenvalue weighted by Crippen LogP contribution is 2.25. The van der Waals surface area contributed by atoms with Crippen LogP contribution < -0.4 is 92.4 Å². The lowest BCUT2D eigenvalue weighted by Crippen LogP contribution is -2.60. The molecule has 0 saturated carbocycles. The summed E-state index contributed by atoms with van der Waals surface area (Å²) in [5.41, 5.74) is 22.0. The third kappa shape index (κ3) is 27.7. The Hall–Kier alpha value is -9.19. The summed E-state index contributed by atoms with van der Waals surface area (Å²) in [5, 5.41) is 54.4. The molecular formula is C52H74N20O17S4. The quantitative estimate of drug-likeness (QED) is 0.0123. The maximum atomic E-state index is 14.7. The molecule has 2 fully saturated rings. The number of nitrogen functional groups attached to an aromatic ring is 1. The predicted octanol–water partition coefficient (Wildman–Crippen LogP) is -6.35. The van der Waals surface area contributed by atoms with Gasteiger partial charge in [0.1, 0.15) is 48.1 Å². The molecule has 3 heterocycles. The Bertz CT molecular complexity index is 3050. The molecule has 2 bridgehead atoms. The van der Waals surface area contributed by atoms with Gasteiger partial charge in [-0.05, 0) is 43.9 Å². The van der Waals surface area contributed by atoms with Gasteiger partial charge in [-0.15, -0.1) is 0 Å². The van der Waals surface area contributed by atoms with Crippen molar-refractivity contribution in [1.29, 1.82) is 5.41 Å². The molecule has 9 atom stereocenters. The molecule has 41 heteroatoms. The number of carboxylic acid groups (broad SMARTS) is 2. The molecule has 93 heavy (non-hydrogen) atoms. The van der Waals surface area contributed by atoms with Crippen LogP contribution in [0.5, 0.6) is 0 Å². The number of primary amides is 1. The average Bonchev–Trinajstić information content (AvgIpc) is 2.40. The van der Waals surface area contributed by atoms with Crippen LogP contribution in [0, 0.1) is 11.3 Å². The van der Waals surface area contributed by atoms with E-state index in [1.807, 2.05) is 0 Å². The Morgan fingerprint density at radius 1 is 0.699 bits per heavy atom. The zero-order valence-corrected chi connectivity index (χ0v) is 53.0. The number of hydrogen-bond donors (Lipinski definition) is 20. The summed E-state index contributed by atoms with van der Waals surface area (Å²) in [4.78, 5) is 208. The van der Waals surface area contributed by atoms with Gasteiger partial charge in [-0.1, -0.05) is 73.5 Å². The van der Waals surface area contributed by atoms with Crippen LogP contribution >= 0.6 is 43.2 Å². The molecule has 0 spiro atoms. The number of guanidine groups is 1. The van der Waals surface area contributed by atoms with Crippen molar-refractivity contribution in [3.63, 3.8) is 0 Å². The van der Waals surface area contributed by atoms with E-state index in [-0.39, 0.29) is 50.2 Å². The van der Waals surface area contributed by atoms with Gasteiger partial charge in [0.05, 0.1) is 43.4 Å². The molecule has 508 valence electrons. The summed E-state index contributed by atoms with van der Waals surface area (Å²) in [5.74, 6) is -13.4. The Balaban J connectivity index is 1.78. The van der Waals surface area contributed by atoms with E-state index >= 15 is 0 Å². The Morgan fingerprint density at radius 3 is 1.87 bits per heavy atom. The van der Waals surface area contributed by atoms with Gasteiger partial charge < -0.3 is 91.3 Å². The van der Waals surface area contributed by atoms with E-state index in [0.717, 1.165) is 43.2 Å². The highest BCUT2D eigenvalue weighted by molar-refractivity contribution is 8.77. The van der Waals surface area contributed by atoms with Crippen LogP contribution in [0.2, 0.25) is 0 Å². The van der Waals surface area contributed by atoms with Gasteiger partial charge in [0.15, 0.2) is 11.7 Å². The number of carboxylic acids is 2. The van der Waals surface area contributed by atoms with Crippen molar-refractivity contribution >= 4 is 144 Å². The second-order valence-corrected chi connectivity index (χ2v) is 25.5. The molecule has 4 rings (SSSR count).